The van der Waals surface area contributed by atoms with Gasteiger partial charge in [0.15, 0.2) is 0 Å². The van der Waals surface area contributed by atoms with Gasteiger partial charge in [0.1, 0.15) is 0 Å². The molecule has 3 aromatic carbocycles. The van der Waals surface area contributed by atoms with Crippen LogP contribution in [-0.2, 0) is 19.5 Å². The molecule has 0 saturated heterocycles. The van der Waals surface area contributed by atoms with E-state index in [0.29, 0.717) is 5.56 Å². The molecule has 0 saturated carbocycles. The first kappa shape index (κ1) is 50.2. The van der Waals surface area contributed by atoms with E-state index in [9.17, 15) is 24.6 Å². The smallest absolute Gasteiger partial charge is 0.545 e. The van der Waals surface area contributed by atoms with E-state index in [1.807, 2.05) is 112 Å². The molecule has 0 unspecified atom stereocenters. The van der Waals surface area contributed by atoms with E-state index in [2.05, 4.69) is 19.9 Å². The first-order valence-corrected chi connectivity index (χ1v) is 16.5. The summed E-state index contributed by atoms with van der Waals surface area (Å²) in [5.41, 5.74) is 7.32. The summed E-state index contributed by atoms with van der Waals surface area (Å²) in [7, 11) is 0. The molecule has 57 heavy (non-hydrogen) atoms. The van der Waals surface area contributed by atoms with Gasteiger partial charge in [-0.15, -0.1) is 0 Å². The number of aromatic nitrogens is 4. The van der Waals surface area contributed by atoms with Crippen LogP contribution in [0.15, 0.2) is 170 Å². The maximum Gasteiger partial charge on any atom is 2.00 e. The van der Waals surface area contributed by atoms with Crippen molar-refractivity contribution in [1.82, 2.24) is 19.9 Å². The van der Waals surface area contributed by atoms with Crippen LogP contribution in [0.2, 0.25) is 0 Å². The molecule has 4 heterocycles. The van der Waals surface area contributed by atoms with E-state index >= 15 is 0 Å². The summed E-state index contributed by atoms with van der Waals surface area (Å²) in [6.07, 6.45) is 7.07. The average Bonchev–Trinajstić information content (AvgIpc) is 3.20. The Kier molecular flexibility index (Phi) is 24.4. The minimum absolute atomic E-state index is 0. The summed E-state index contributed by atoms with van der Waals surface area (Å²) in [6, 6.07) is 43.3. The molecule has 13 heteroatoms. The fourth-order valence-electron chi connectivity index (χ4n) is 4.38. The predicted octanol–water partition coefficient (Wildman–Crippen LogP) is 5.05. The quantitative estimate of drug-likeness (QED) is 0.227. The summed E-state index contributed by atoms with van der Waals surface area (Å²) < 4.78 is 0. The number of benzene rings is 3. The van der Waals surface area contributed by atoms with Crippen LogP contribution >= 0.6 is 0 Å². The van der Waals surface area contributed by atoms with Crippen molar-refractivity contribution >= 4 is 17.9 Å². The van der Waals surface area contributed by atoms with Gasteiger partial charge in [0.05, 0.1) is 40.3 Å². The number of rotatable bonds is 5. The van der Waals surface area contributed by atoms with Crippen LogP contribution in [0.1, 0.15) is 47.8 Å². The molecule has 0 bridgehead atoms. The van der Waals surface area contributed by atoms with Crippen molar-refractivity contribution in [2.45, 2.75) is 20.8 Å². The van der Waals surface area contributed by atoms with E-state index in [-0.39, 0.29) is 41.6 Å². The maximum absolute atomic E-state index is 10.4. The van der Waals surface area contributed by atoms with Gasteiger partial charge in [-0.25, -0.2) is 4.79 Å². The number of nitrogens with zero attached hydrogens (tertiary/aromatic N) is 4. The molecular formula is C44H42N4O8Zn. The van der Waals surface area contributed by atoms with E-state index < -0.39 is 17.9 Å². The molecule has 0 radical (unpaired) electrons. The van der Waals surface area contributed by atoms with E-state index in [1.54, 1.807) is 67.3 Å². The van der Waals surface area contributed by atoms with Crippen LogP contribution < -0.4 is 10.2 Å². The second kappa shape index (κ2) is 27.7. The summed E-state index contributed by atoms with van der Waals surface area (Å²) in [6.45, 7) is 5.55. The van der Waals surface area contributed by atoms with Crippen LogP contribution in [-0.4, -0.2) is 53.9 Å². The number of pyridine rings is 4. The van der Waals surface area contributed by atoms with Crippen molar-refractivity contribution in [3.8, 4) is 22.8 Å². The number of hydrogen-bond donors (Lipinski definition) is 1. The second-order valence-corrected chi connectivity index (χ2v) is 11.3. The molecule has 5 N–H and O–H groups in total. The van der Waals surface area contributed by atoms with Gasteiger partial charge in [-0.2, -0.15) is 0 Å². The first-order chi connectivity index (χ1) is 26.0. The predicted molar refractivity (Wildman–Crippen MR) is 211 cm³/mol. The topological polar surface area (TPSA) is 232 Å². The Morgan fingerprint density at radius 2 is 0.684 bits per heavy atom. The molecule has 0 aliphatic rings. The van der Waals surface area contributed by atoms with Crippen molar-refractivity contribution in [2.75, 3.05) is 0 Å². The summed E-state index contributed by atoms with van der Waals surface area (Å²) in [4.78, 5) is 47.6. The molecule has 0 aliphatic heterocycles. The minimum Gasteiger partial charge on any atom is -0.545 e. The molecule has 0 spiro atoms. The summed E-state index contributed by atoms with van der Waals surface area (Å²) >= 11 is 0. The van der Waals surface area contributed by atoms with Crippen molar-refractivity contribution in [1.29, 1.82) is 0 Å². The SMILES string of the molecule is Cc1cccc(C(=O)O)c1.Cc1cccc(C(=O)[O-])c1.Cc1cccc(C(=O)[O-])c1.O.O.[Zn+2].c1ccc(-c2ccccn2)nc1.c1ccc(-c2ccccn2)nc1. The molecule has 0 aliphatic carbocycles. The largest absolute Gasteiger partial charge is 2.00 e. The number of carboxylic acid groups (broad SMARTS) is 3. The number of aryl methyl sites for hydroxylation is 3. The first-order valence-electron chi connectivity index (χ1n) is 16.5. The van der Waals surface area contributed by atoms with Gasteiger partial charge in [-0.1, -0.05) is 102 Å². The number of carbonyl (C=O) groups excluding carboxylic acids is 2. The Bertz CT molecular complexity index is 1920. The molecule has 0 fully saturated rings. The van der Waals surface area contributed by atoms with Crippen LogP contribution in [0.4, 0.5) is 0 Å². The molecule has 4 aromatic heterocycles. The molecule has 0 amide bonds. The zero-order valence-electron chi connectivity index (χ0n) is 31.7. The Morgan fingerprint density at radius 3 is 0.860 bits per heavy atom. The Balaban J connectivity index is 0.000000681. The number of carbonyl (C=O) groups is 3. The van der Waals surface area contributed by atoms with Crippen LogP contribution in [0, 0.1) is 20.8 Å². The average molecular weight is 820 g/mol. The van der Waals surface area contributed by atoms with Gasteiger partial charge in [0.2, 0.25) is 0 Å². The van der Waals surface area contributed by atoms with E-state index in [0.717, 1.165) is 39.5 Å². The number of carboxylic acids is 3. The van der Waals surface area contributed by atoms with Crippen molar-refractivity contribution in [2.24, 2.45) is 0 Å². The number of hydrogen-bond acceptors (Lipinski definition) is 9. The Morgan fingerprint density at radius 1 is 0.421 bits per heavy atom. The van der Waals surface area contributed by atoms with Crippen LogP contribution in [0.5, 0.6) is 0 Å². The zero-order valence-corrected chi connectivity index (χ0v) is 34.6. The van der Waals surface area contributed by atoms with Gasteiger partial charge < -0.3 is 35.9 Å². The Hall–Kier alpha value is -6.79. The van der Waals surface area contributed by atoms with Gasteiger partial charge in [0.25, 0.3) is 0 Å². The monoisotopic (exact) mass is 818 g/mol. The third-order valence-electron chi connectivity index (χ3n) is 6.96. The summed E-state index contributed by atoms with van der Waals surface area (Å²) in [5, 5.41) is 29.0. The second-order valence-electron chi connectivity index (χ2n) is 11.3. The minimum atomic E-state index is -1.12. The third kappa shape index (κ3) is 19.4. The maximum atomic E-state index is 10.4. The van der Waals surface area contributed by atoms with Crippen molar-refractivity contribution in [3.05, 3.63) is 204 Å². The van der Waals surface area contributed by atoms with Crippen molar-refractivity contribution < 1.29 is 60.1 Å². The fraction of sp³-hybridized carbons (Fsp3) is 0.0682. The molecule has 0 atom stereocenters. The van der Waals surface area contributed by atoms with Gasteiger partial charge in [-0.3, -0.25) is 19.9 Å². The number of aromatic carboxylic acids is 3. The van der Waals surface area contributed by atoms with Gasteiger partial charge in [0, 0.05) is 24.8 Å². The summed E-state index contributed by atoms with van der Waals surface area (Å²) in [5.74, 6) is -3.11. The fourth-order valence-corrected chi connectivity index (χ4v) is 4.38. The van der Waals surface area contributed by atoms with Gasteiger partial charge >= 0.3 is 25.4 Å². The molecular weight excluding hydrogens is 778 g/mol. The van der Waals surface area contributed by atoms with Gasteiger partial charge in [-0.05, 0) is 92.6 Å². The standard InChI is InChI=1S/2C10H8N2.3C8H8O2.2H2O.Zn/c2*1-3-7-11-9(5-1)10-6-2-4-8-12-10;3*1-6-3-2-4-7(5-6)8(9)10;;;/h2*1-8H;3*2-5H,1H3,(H,9,10);2*1H2;/q;;;;;;;+2/p-2. The van der Waals surface area contributed by atoms with Crippen LogP contribution in [0.25, 0.3) is 22.8 Å². The van der Waals surface area contributed by atoms with E-state index in [1.165, 1.54) is 12.1 Å². The zero-order chi connectivity index (χ0) is 39.1. The molecule has 7 aromatic rings. The van der Waals surface area contributed by atoms with Crippen molar-refractivity contribution in [3.63, 3.8) is 0 Å². The molecule has 12 nitrogen and oxygen atoms in total. The van der Waals surface area contributed by atoms with E-state index in [4.69, 9.17) is 5.11 Å². The van der Waals surface area contributed by atoms with Crippen LogP contribution in [0.3, 0.4) is 0 Å². The molecule has 7 rings (SSSR count). The third-order valence-corrected chi connectivity index (χ3v) is 6.96. The Labute approximate surface area is 344 Å². The normalized spacial score (nSPS) is 8.96. The molecule has 288 valence electrons.